The summed E-state index contributed by atoms with van der Waals surface area (Å²) >= 11 is 0. The van der Waals surface area contributed by atoms with Gasteiger partial charge < -0.3 is 10.8 Å². The lowest BCUT2D eigenvalue weighted by atomic mass is 10.1. The van der Waals surface area contributed by atoms with Crippen LogP contribution in [0.2, 0.25) is 0 Å². The van der Waals surface area contributed by atoms with Crippen molar-refractivity contribution in [2.45, 2.75) is 19.6 Å². The standard InChI is InChI=1S/C40H27N7O13S4/c41-22-5-8-25-21(17-22)18-38(64(58,59)60)39(40(25)48)47-46-33-12-14-36(31-20-24(62(52,53)54)7-10-28(31)33)44-42-32-11-13-35(30-19-23(61(49,50)51)6-9-27(30)32)45-43-34-15-16-37(63(55,56)57)29-4-2-1-3-26(29)34/h1-20,48H,41H2,(H,49,50,51)(H,52,53,54)(H,55,56,57)(H,58,59,60). The molecule has 0 spiro atoms. The van der Waals surface area contributed by atoms with E-state index in [0.717, 1.165) is 36.4 Å². The average Bonchev–Trinajstić information content (AvgIpc) is 3.22. The minimum atomic E-state index is -4.98. The van der Waals surface area contributed by atoms with Crippen LogP contribution in [0.4, 0.5) is 39.8 Å². The summed E-state index contributed by atoms with van der Waals surface area (Å²) in [5.74, 6) is -0.650. The van der Waals surface area contributed by atoms with Crippen molar-refractivity contribution >= 4 is 123 Å². The SMILES string of the molecule is Nc1ccc2c(O)c(N=Nc3ccc(N=Nc4ccc(N=Nc5ccc(S(=O)(=O)O)c6ccccc56)c5cc(S(=O)(=O)O)ccc45)c4cc(S(=O)(=O)O)ccc34)c(S(=O)(=O)O)cc2c1. The van der Waals surface area contributed by atoms with Gasteiger partial charge in [-0.25, -0.2) is 0 Å². The van der Waals surface area contributed by atoms with E-state index in [0.29, 0.717) is 5.39 Å². The number of phenols is 1. The lowest BCUT2D eigenvalue weighted by Crippen LogP contribution is -1.99. The second-order valence-electron chi connectivity index (χ2n) is 13.8. The average molecular weight is 942 g/mol. The Hall–Kier alpha value is -7.16. The van der Waals surface area contributed by atoms with Crippen molar-refractivity contribution in [3.8, 4) is 5.75 Å². The minimum absolute atomic E-state index is 0.00379. The third-order valence-corrected chi connectivity index (χ3v) is 13.2. The van der Waals surface area contributed by atoms with Crippen LogP contribution >= 0.6 is 0 Å². The highest BCUT2D eigenvalue weighted by atomic mass is 32.2. The van der Waals surface area contributed by atoms with E-state index >= 15 is 0 Å². The van der Waals surface area contributed by atoms with Crippen molar-refractivity contribution < 1.29 is 57.0 Å². The number of hydrogen-bond acceptors (Lipinski definition) is 16. The number of nitrogens with two attached hydrogens (primary N) is 1. The Balaban J connectivity index is 1.24. The van der Waals surface area contributed by atoms with Gasteiger partial charge in [0.2, 0.25) is 0 Å². The van der Waals surface area contributed by atoms with Crippen LogP contribution in [0.5, 0.6) is 5.75 Å². The highest BCUT2D eigenvalue weighted by Gasteiger charge is 2.23. The van der Waals surface area contributed by atoms with Crippen molar-refractivity contribution in [1.82, 2.24) is 0 Å². The number of nitrogens with zero attached hydrogens (tertiary/aromatic N) is 6. The smallest absolute Gasteiger partial charge is 0.296 e. The zero-order valence-electron chi connectivity index (χ0n) is 31.9. The first kappa shape index (κ1) is 43.5. The number of azo groups is 3. The van der Waals surface area contributed by atoms with Gasteiger partial charge >= 0.3 is 0 Å². The van der Waals surface area contributed by atoms with Crippen LogP contribution in [0.1, 0.15) is 0 Å². The van der Waals surface area contributed by atoms with Gasteiger partial charge in [-0.2, -0.15) is 33.7 Å². The van der Waals surface area contributed by atoms with Crippen LogP contribution in [-0.2, 0) is 40.5 Å². The largest absolute Gasteiger partial charge is 0.505 e. The Labute approximate surface area is 361 Å². The molecule has 0 aliphatic carbocycles. The third-order valence-electron chi connectivity index (χ3n) is 9.76. The molecule has 0 amide bonds. The number of fused-ring (bicyclic) bond motifs is 4. The zero-order valence-corrected chi connectivity index (χ0v) is 35.2. The van der Waals surface area contributed by atoms with Gasteiger partial charge in [-0.05, 0) is 90.3 Å². The predicted octanol–water partition coefficient (Wildman–Crippen LogP) is 9.82. The Morgan fingerprint density at radius 3 is 1.25 bits per heavy atom. The molecule has 7 N–H and O–H groups in total. The summed E-state index contributed by atoms with van der Waals surface area (Å²) in [6.07, 6.45) is 0. The first-order chi connectivity index (χ1) is 30.1. The molecule has 8 aromatic carbocycles. The molecular weight excluding hydrogens is 915 g/mol. The van der Waals surface area contributed by atoms with Gasteiger partial charge in [0.25, 0.3) is 40.5 Å². The molecule has 0 unspecified atom stereocenters. The normalized spacial score (nSPS) is 13.1. The van der Waals surface area contributed by atoms with E-state index < -0.39 is 66.6 Å². The summed E-state index contributed by atoms with van der Waals surface area (Å²) in [7, 11) is -19.1. The molecular formula is C40H27N7O13S4. The summed E-state index contributed by atoms with van der Waals surface area (Å²) in [5.41, 5.74) is 5.76. The van der Waals surface area contributed by atoms with Gasteiger partial charge in [0.05, 0.1) is 38.2 Å². The first-order valence-corrected chi connectivity index (χ1v) is 23.7. The zero-order chi connectivity index (χ0) is 45.9. The maximum Gasteiger partial charge on any atom is 0.296 e. The summed E-state index contributed by atoms with van der Waals surface area (Å²) in [6, 6.07) is 26.4. The van der Waals surface area contributed by atoms with E-state index in [4.69, 9.17) is 5.73 Å². The summed E-state index contributed by atoms with van der Waals surface area (Å²) in [6.45, 7) is 0. The Morgan fingerprint density at radius 1 is 0.375 bits per heavy atom. The molecule has 8 rings (SSSR count). The fraction of sp³-hybridized carbons (Fsp3) is 0. The van der Waals surface area contributed by atoms with Crippen LogP contribution in [0, 0.1) is 0 Å². The van der Waals surface area contributed by atoms with Gasteiger partial charge in [0, 0.05) is 43.4 Å². The van der Waals surface area contributed by atoms with Crippen molar-refractivity contribution in [2.75, 3.05) is 5.73 Å². The molecule has 0 bridgehead atoms. The predicted molar refractivity (Wildman–Crippen MR) is 234 cm³/mol. The highest BCUT2D eigenvalue weighted by molar-refractivity contribution is 7.86. The number of benzene rings is 8. The van der Waals surface area contributed by atoms with E-state index in [1.807, 2.05) is 0 Å². The number of nitrogen functional groups attached to an aromatic ring is 1. The summed E-state index contributed by atoms with van der Waals surface area (Å²) < 4.78 is 137. The van der Waals surface area contributed by atoms with Gasteiger partial charge in [0.15, 0.2) is 5.75 Å². The second kappa shape index (κ2) is 15.9. The van der Waals surface area contributed by atoms with Crippen LogP contribution in [0.3, 0.4) is 0 Å². The molecule has 20 nitrogen and oxygen atoms in total. The Morgan fingerprint density at radius 2 is 0.781 bits per heavy atom. The quantitative estimate of drug-likeness (QED) is 0.0422. The fourth-order valence-electron chi connectivity index (χ4n) is 6.81. The molecule has 0 heterocycles. The molecule has 324 valence electrons. The minimum Gasteiger partial charge on any atom is -0.505 e. The molecule has 8 aromatic rings. The molecule has 0 saturated carbocycles. The molecule has 24 heteroatoms. The fourth-order valence-corrected chi connectivity index (χ4v) is 9.18. The maximum atomic E-state index is 12.4. The first-order valence-electron chi connectivity index (χ1n) is 17.9. The number of rotatable bonds is 10. The summed E-state index contributed by atoms with van der Waals surface area (Å²) in [5, 5.41) is 37.6. The van der Waals surface area contributed by atoms with Crippen LogP contribution in [0.25, 0.3) is 43.1 Å². The second-order valence-corrected chi connectivity index (χ2v) is 19.4. The van der Waals surface area contributed by atoms with Crippen LogP contribution in [-0.4, -0.2) is 57.0 Å². The monoisotopic (exact) mass is 941 g/mol. The lowest BCUT2D eigenvalue weighted by Gasteiger charge is -2.10. The molecule has 0 aliphatic rings. The Bertz CT molecular complexity index is 3880. The molecule has 0 aliphatic heterocycles. The lowest BCUT2D eigenvalue weighted by molar-refractivity contribution is 0.472. The number of anilines is 1. The topological polar surface area (TPSA) is 338 Å². The van der Waals surface area contributed by atoms with Gasteiger partial charge in [-0.15, -0.1) is 30.7 Å². The van der Waals surface area contributed by atoms with E-state index in [9.17, 15) is 57.0 Å². The van der Waals surface area contributed by atoms with Crippen LogP contribution < -0.4 is 5.73 Å². The molecule has 64 heavy (non-hydrogen) atoms. The van der Waals surface area contributed by atoms with Crippen molar-refractivity contribution in [3.63, 3.8) is 0 Å². The van der Waals surface area contributed by atoms with Gasteiger partial charge in [0.1, 0.15) is 15.5 Å². The summed E-state index contributed by atoms with van der Waals surface area (Å²) in [4.78, 5) is -2.21. The van der Waals surface area contributed by atoms with Crippen molar-refractivity contribution in [1.29, 1.82) is 0 Å². The van der Waals surface area contributed by atoms with Gasteiger partial charge in [-0.3, -0.25) is 18.2 Å². The molecule has 0 fully saturated rings. The number of hydrogen-bond donors (Lipinski definition) is 6. The van der Waals surface area contributed by atoms with E-state index in [1.165, 1.54) is 66.7 Å². The Kier molecular flexibility index (Phi) is 10.8. The van der Waals surface area contributed by atoms with Crippen molar-refractivity contribution in [2.24, 2.45) is 30.7 Å². The van der Waals surface area contributed by atoms with Gasteiger partial charge in [-0.1, -0.05) is 36.4 Å². The molecule has 0 saturated heterocycles. The van der Waals surface area contributed by atoms with E-state index in [1.54, 1.807) is 18.2 Å². The number of aromatic hydroxyl groups is 1. The van der Waals surface area contributed by atoms with E-state index in [2.05, 4.69) is 30.7 Å². The van der Waals surface area contributed by atoms with Crippen LogP contribution in [0.15, 0.2) is 172 Å². The third kappa shape index (κ3) is 8.49. The molecule has 0 aromatic heterocycles. The van der Waals surface area contributed by atoms with E-state index in [-0.39, 0.29) is 76.7 Å². The molecule has 0 atom stereocenters. The number of phenolic OH excluding ortho intramolecular Hbond substituents is 1. The highest BCUT2D eigenvalue weighted by Crippen LogP contribution is 2.44. The molecule has 0 radical (unpaired) electrons. The van der Waals surface area contributed by atoms with Crippen molar-refractivity contribution in [3.05, 3.63) is 121 Å². The maximum absolute atomic E-state index is 12.4.